The van der Waals surface area contributed by atoms with Gasteiger partial charge < -0.3 is 10.6 Å². The number of rotatable bonds is 5. The Labute approximate surface area is 125 Å². The molecule has 1 aromatic rings. The average Bonchev–Trinajstić information content (AvgIpc) is 2.50. The van der Waals surface area contributed by atoms with Gasteiger partial charge in [-0.15, -0.1) is 0 Å². The third-order valence-corrected chi connectivity index (χ3v) is 4.27. The molecule has 0 radical (unpaired) electrons. The van der Waals surface area contributed by atoms with Gasteiger partial charge in [0.2, 0.25) is 15.9 Å². The number of carbonyl (C=O) groups is 1. The molecule has 0 bridgehead atoms. The lowest BCUT2D eigenvalue weighted by Gasteiger charge is -2.15. The van der Waals surface area contributed by atoms with Crippen LogP contribution in [0.25, 0.3) is 0 Å². The number of hydrogen-bond donors (Lipinski definition) is 2. The van der Waals surface area contributed by atoms with E-state index in [4.69, 9.17) is 5.73 Å². The third-order valence-electron chi connectivity index (χ3n) is 2.82. The molecule has 0 atom stereocenters. The number of nitrogens with one attached hydrogen (secondary N) is 1. The fraction of sp³-hybridized carbons (Fsp3) is 0.357. The molecule has 7 heteroatoms. The van der Waals surface area contributed by atoms with Crippen LogP contribution in [-0.4, -0.2) is 45.9 Å². The molecule has 0 aliphatic rings. The Bertz CT molecular complexity index is 660. The number of hydrogen-bond acceptors (Lipinski definition) is 4. The zero-order chi connectivity index (χ0) is 15.9. The van der Waals surface area contributed by atoms with Gasteiger partial charge in [0.1, 0.15) is 0 Å². The van der Waals surface area contributed by atoms with Crippen molar-refractivity contribution in [2.24, 2.45) is 5.73 Å². The molecule has 1 rings (SSSR count). The Morgan fingerprint density at radius 3 is 2.67 bits per heavy atom. The van der Waals surface area contributed by atoms with Gasteiger partial charge in [-0.1, -0.05) is 24.0 Å². The molecular formula is C14H19N3O3S. The fourth-order valence-corrected chi connectivity index (χ4v) is 2.63. The van der Waals surface area contributed by atoms with Gasteiger partial charge in [-0.05, 0) is 19.1 Å². The van der Waals surface area contributed by atoms with Crippen LogP contribution in [0.5, 0.6) is 0 Å². The Balaban J connectivity index is 2.96. The van der Waals surface area contributed by atoms with Crippen molar-refractivity contribution in [2.75, 3.05) is 26.7 Å². The Morgan fingerprint density at radius 2 is 2.05 bits per heavy atom. The Morgan fingerprint density at radius 1 is 1.38 bits per heavy atom. The second-order valence-corrected chi connectivity index (χ2v) is 5.97. The molecule has 1 aromatic carbocycles. The minimum Gasteiger partial charge on any atom is -0.345 e. The lowest BCUT2D eigenvalue weighted by Crippen LogP contribution is -2.38. The quantitative estimate of drug-likeness (QED) is 0.734. The monoisotopic (exact) mass is 309 g/mol. The van der Waals surface area contributed by atoms with E-state index >= 15 is 0 Å². The first-order valence-electron chi connectivity index (χ1n) is 6.44. The van der Waals surface area contributed by atoms with E-state index in [0.29, 0.717) is 12.1 Å². The normalized spacial score (nSPS) is 10.6. The van der Waals surface area contributed by atoms with Crippen molar-refractivity contribution in [1.29, 1.82) is 0 Å². The zero-order valence-electron chi connectivity index (χ0n) is 12.1. The Kier molecular flexibility index (Phi) is 6.37. The highest BCUT2D eigenvalue weighted by molar-refractivity contribution is 7.89. The van der Waals surface area contributed by atoms with E-state index in [0.717, 1.165) is 0 Å². The summed E-state index contributed by atoms with van der Waals surface area (Å²) in [4.78, 5) is 13.1. The molecule has 1 amide bonds. The van der Waals surface area contributed by atoms with E-state index in [9.17, 15) is 13.2 Å². The molecule has 0 aliphatic heterocycles. The standard InChI is InChI=1S/C14H19N3O3S/c1-3-17(2)14(18)11-16-21(19,20)13-9-5-4-7-12(13)8-6-10-15/h4-5,7,9,16H,3,10-11,15H2,1-2H3. The van der Waals surface area contributed by atoms with Crippen LogP contribution in [0.2, 0.25) is 0 Å². The molecule has 0 fully saturated rings. The number of nitrogens with two attached hydrogens (primary N) is 1. The highest BCUT2D eigenvalue weighted by Gasteiger charge is 2.19. The Hall–Kier alpha value is -1.88. The van der Waals surface area contributed by atoms with Crippen LogP contribution in [0.4, 0.5) is 0 Å². The maximum Gasteiger partial charge on any atom is 0.242 e. The molecule has 0 spiro atoms. The largest absolute Gasteiger partial charge is 0.345 e. The van der Waals surface area contributed by atoms with Gasteiger partial charge in [0.25, 0.3) is 0 Å². The first kappa shape index (κ1) is 17.2. The van der Waals surface area contributed by atoms with Crippen LogP contribution in [0.15, 0.2) is 29.2 Å². The van der Waals surface area contributed by atoms with Gasteiger partial charge in [0.05, 0.1) is 18.0 Å². The zero-order valence-corrected chi connectivity index (χ0v) is 12.9. The van der Waals surface area contributed by atoms with Crippen molar-refractivity contribution in [1.82, 2.24) is 9.62 Å². The predicted molar refractivity (Wildman–Crippen MR) is 80.9 cm³/mol. The molecule has 0 aromatic heterocycles. The average molecular weight is 309 g/mol. The van der Waals surface area contributed by atoms with E-state index < -0.39 is 10.0 Å². The van der Waals surface area contributed by atoms with Crippen LogP contribution in [0.1, 0.15) is 12.5 Å². The second-order valence-electron chi connectivity index (χ2n) is 4.23. The summed E-state index contributed by atoms with van der Waals surface area (Å²) in [6.45, 7) is 2.18. The first-order chi connectivity index (χ1) is 9.92. The van der Waals surface area contributed by atoms with Gasteiger partial charge >= 0.3 is 0 Å². The van der Waals surface area contributed by atoms with Crippen LogP contribution < -0.4 is 10.5 Å². The van der Waals surface area contributed by atoms with Crippen molar-refractivity contribution < 1.29 is 13.2 Å². The van der Waals surface area contributed by atoms with Crippen LogP contribution in [-0.2, 0) is 14.8 Å². The molecule has 0 saturated heterocycles. The summed E-state index contributed by atoms with van der Waals surface area (Å²) in [6.07, 6.45) is 0. The van der Waals surface area contributed by atoms with E-state index in [-0.39, 0.29) is 23.9 Å². The molecule has 0 saturated carbocycles. The highest BCUT2D eigenvalue weighted by atomic mass is 32.2. The fourth-order valence-electron chi connectivity index (χ4n) is 1.50. The number of nitrogens with zero attached hydrogens (tertiary/aromatic N) is 1. The van der Waals surface area contributed by atoms with E-state index in [1.165, 1.54) is 11.0 Å². The van der Waals surface area contributed by atoms with Crippen molar-refractivity contribution in [3.63, 3.8) is 0 Å². The van der Waals surface area contributed by atoms with E-state index in [2.05, 4.69) is 16.6 Å². The summed E-state index contributed by atoms with van der Waals surface area (Å²) >= 11 is 0. The summed E-state index contributed by atoms with van der Waals surface area (Å²) < 4.78 is 26.8. The molecular weight excluding hydrogens is 290 g/mol. The van der Waals surface area contributed by atoms with Gasteiger partial charge in [0, 0.05) is 19.2 Å². The maximum absolute atomic E-state index is 12.3. The third kappa shape index (κ3) is 4.86. The molecule has 21 heavy (non-hydrogen) atoms. The van der Waals surface area contributed by atoms with Crippen LogP contribution in [0.3, 0.4) is 0 Å². The summed E-state index contributed by atoms with van der Waals surface area (Å²) in [5, 5.41) is 0. The van der Waals surface area contributed by atoms with Crippen LogP contribution in [0, 0.1) is 11.8 Å². The topological polar surface area (TPSA) is 92.5 Å². The lowest BCUT2D eigenvalue weighted by atomic mass is 10.2. The van der Waals surface area contributed by atoms with E-state index in [1.54, 1.807) is 25.2 Å². The number of carbonyl (C=O) groups excluding carboxylic acids is 1. The second kappa shape index (κ2) is 7.78. The van der Waals surface area contributed by atoms with Gasteiger partial charge in [-0.2, -0.15) is 0 Å². The van der Waals surface area contributed by atoms with Crippen molar-refractivity contribution in [3.05, 3.63) is 29.8 Å². The highest BCUT2D eigenvalue weighted by Crippen LogP contribution is 2.13. The molecule has 6 nitrogen and oxygen atoms in total. The SMILES string of the molecule is CCN(C)C(=O)CNS(=O)(=O)c1ccccc1C#CCN. The summed E-state index contributed by atoms with van der Waals surface area (Å²) in [5.41, 5.74) is 5.65. The summed E-state index contributed by atoms with van der Waals surface area (Å²) in [7, 11) is -2.19. The minimum absolute atomic E-state index is 0.0397. The van der Waals surface area contributed by atoms with Crippen LogP contribution >= 0.6 is 0 Å². The molecule has 114 valence electrons. The van der Waals surface area contributed by atoms with E-state index in [1.807, 2.05) is 6.92 Å². The van der Waals surface area contributed by atoms with Gasteiger partial charge in [0.15, 0.2) is 0 Å². The van der Waals surface area contributed by atoms with Crippen molar-refractivity contribution in [3.8, 4) is 11.8 Å². The number of sulfonamides is 1. The van der Waals surface area contributed by atoms with Gasteiger partial charge in [-0.3, -0.25) is 4.79 Å². The summed E-state index contributed by atoms with van der Waals surface area (Å²) in [6, 6.07) is 6.33. The molecule has 0 unspecified atom stereocenters. The smallest absolute Gasteiger partial charge is 0.242 e. The molecule has 0 aliphatic carbocycles. The number of benzene rings is 1. The molecule has 0 heterocycles. The minimum atomic E-state index is -3.80. The first-order valence-corrected chi connectivity index (χ1v) is 7.92. The van der Waals surface area contributed by atoms with Crippen molar-refractivity contribution in [2.45, 2.75) is 11.8 Å². The number of likely N-dealkylation sites (N-methyl/N-ethyl adjacent to an activating group) is 1. The maximum atomic E-state index is 12.3. The summed E-state index contributed by atoms with van der Waals surface area (Å²) in [5.74, 6) is 5.03. The number of amides is 1. The molecule has 3 N–H and O–H groups in total. The van der Waals surface area contributed by atoms with Gasteiger partial charge in [-0.25, -0.2) is 13.1 Å². The van der Waals surface area contributed by atoms with Crippen molar-refractivity contribution >= 4 is 15.9 Å². The lowest BCUT2D eigenvalue weighted by molar-refractivity contribution is -0.128. The predicted octanol–water partition coefficient (Wildman–Crippen LogP) is -0.247.